The molecule has 50 heavy (non-hydrogen) atoms. The zero-order valence-corrected chi connectivity index (χ0v) is 27.2. The van der Waals surface area contributed by atoms with Crippen molar-refractivity contribution in [2.75, 3.05) is 0 Å². The summed E-state index contributed by atoms with van der Waals surface area (Å²) < 4.78 is 0. The van der Waals surface area contributed by atoms with E-state index in [2.05, 4.69) is 170 Å². The molecule has 0 saturated heterocycles. The van der Waals surface area contributed by atoms with E-state index in [1.807, 2.05) is 18.2 Å². The predicted molar refractivity (Wildman–Crippen MR) is 207 cm³/mol. The number of hydrogen-bond donors (Lipinski definition) is 0. The molecule has 0 N–H and O–H groups in total. The van der Waals surface area contributed by atoms with Gasteiger partial charge in [0.2, 0.25) is 0 Å². The second-order valence-electron chi connectivity index (χ2n) is 12.4. The molecule has 3 nitrogen and oxygen atoms in total. The Kier molecular flexibility index (Phi) is 7.49. The molecule has 3 heteroatoms. The van der Waals surface area contributed by atoms with Gasteiger partial charge in [0.1, 0.15) is 0 Å². The molecule has 9 rings (SSSR count). The highest BCUT2D eigenvalue weighted by Crippen LogP contribution is 2.38. The number of benzene rings is 8. The van der Waals surface area contributed by atoms with Gasteiger partial charge in [0, 0.05) is 16.7 Å². The van der Waals surface area contributed by atoms with Crippen molar-refractivity contribution in [3.8, 4) is 67.5 Å². The average Bonchev–Trinajstić information content (AvgIpc) is 3.21. The van der Waals surface area contributed by atoms with E-state index < -0.39 is 0 Å². The first kappa shape index (κ1) is 29.4. The Labute approximate surface area is 291 Å². The second-order valence-corrected chi connectivity index (χ2v) is 12.4. The van der Waals surface area contributed by atoms with E-state index >= 15 is 0 Å². The predicted octanol–water partition coefficient (Wildman–Crippen LogP) is 12.2. The van der Waals surface area contributed by atoms with Gasteiger partial charge >= 0.3 is 0 Å². The maximum atomic E-state index is 5.19. The summed E-state index contributed by atoms with van der Waals surface area (Å²) in [5.74, 6) is 1.93. The lowest BCUT2D eigenvalue weighted by atomic mass is 9.91. The highest BCUT2D eigenvalue weighted by atomic mass is 15.0. The first-order chi connectivity index (χ1) is 24.8. The molecular formula is C47H31N3. The van der Waals surface area contributed by atoms with Gasteiger partial charge < -0.3 is 0 Å². The molecule has 0 radical (unpaired) electrons. The quantitative estimate of drug-likeness (QED) is 0.170. The Bertz CT molecular complexity index is 2630. The second kappa shape index (κ2) is 12.7. The molecule has 1 aromatic heterocycles. The fourth-order valence-corrected chi connectivity index (χ4v) is 6.87. The lowest BCUT2D eigenvalue weighted by Gasteiger charge is -2.14. The molecule has 0 saturated carbocycles. The van der Waals surface area contributed by atoms with Crippen LogP contribution in [0.25, 0.3) is 89.1 Å². The Balaban J connectivity index is 1.21. The number of rotatable bonds is 6. The number of fused-ring (bicyclic) bond motifs is 3. The van der Waals surface area contributed by atoms with Crippen molar-refractivity contribution in [3.05, 3.63) is 188 Å². The minimum atomic E-state index is 0.636. The van der Waals surface area contributed by atoms with E-state index in [1.165, 1.54) is 33.0 Å². The molecule has 0 atom stereocenters. The lowest BCUT2D eigenvalue weighted by molar-refractivity contribution is 1.08. The van der Waals surface area contributed by atoms with Crippen molar-refractivity contribution in [2.45, 2.75) is 0 Å². The number of aromatic nitrogens is 3. The molecule has 9 aromatic rings. The first-order valence-corrected chi connectivity index (χ1v) is 16.9. The zero-order chi connectivity index (χ0) is 33.3. The molecular weight excluding hydrogens is 607 g/mol. The van der Waals surface area contributed by atoms with Gasteiger partial charge in [-0.15, -0.1) is 0 Å². The molecule has 8 aromatic carbocycles. The Morgan fingerprint density at radius 2 is 0.740 bits per heavy atom. The van der Waals surface area contributed by atoms with Gasteiger partial charge in [0.25, 0.3) is 0 Å². The van der Waals surface area contributed by atoms with Crippen LogP contribution in [0.4, 0.5) is 0 Å². The summed E-state index contributed by atoms with van der Waals surface area (Å²) in [5, 5.41) is 4.66. The Morgan fingerprint density at radius 1 is 0.240 bits per heavy atom. The molecule has 0 spiro atoms. The van der Waals surface area contributed by atoms with Crippen molar-refractivity contribution in [1.29, 1.82) is 0 Å². The van der Waals surface area contributed by atoms with E-state index in [4.69, 9.17) is 15.0 Å². The summed E-state index contributed by atoms with van der Waals surface area (Å²) in [5.41, 5.74) is 9.86. The highest BCUT2D eigenvalue weighted by Gasteiger charge is 2.17. The third kappa shape index (κ3) is 5.51. The highest BCUT2D eigenvalue weighted by molar-refractivity contribution is 6.13. The third-order valence-corrected chi connectivity index (χ3v) is 9.32. The topological polar surface area (TPSA) is 38.7 Å². The van der Waals surface area contributed by atoms with Crippen LogP contribution in [0.5, 0.6) is 0 Å². The molecule has 0 aliphatic carbocycles. The largest absolute Gasteiger partial charge is 0.208 e. The minimum Gasteiger partial charge on any atom is -0.208 e. The summed E-state index contributed by atoms with van der Waals surface area (Å²) in [4.78, 5) is 15.4. The zero-order valence-electron chi connectivity index (χ0n) is 27.2. The van der Waals surface area contributed by atoms with Crippen LogP contribution in [0, 0.1) is 0 Å². The molecule has 1 heterocycles. The van der Waals surface area contributed by atoms with E-state index in [0.717, 1.165) is 38.6 Å². The van der Waals surface area contributed by atoms with Crippen molar-refractivity contribution in [3.63, 3.8) is 0 Å². The summed E-state index contributed by atoms with van der Waals surface area (Å²) >= 11 is 0. The van der Waals surface area contributed by atoms with Crippen LogP contribution in [-0.4, -0.2) is 15.0 Å². The van der Waals surface area contributed by atoms with E-state index in [9.17, 15) is 0 Å². The van der Waals surface area contributed by atoms with Gasteiger partial charge in [0.15, 0.2) is 17.5 Å². The van der Waals surface area contributed by atoms with Crippen LogP contribution in [0.15, 0.2) is 188 Å². The normalized spacial score (nSPS) is 11.2. The molecule has 234 valence electrons. The van der Waals surface area contributed by atoms with Gasteiger partial charge in [-0.3, -0.25) is 0 Å². The first-order valence-electron chi connectivity index (χ1n) is 16.9. The van der Waals surface area contributed by atoms with Crippen LogP contribution in [0.2, 0.25) is 0 Å². The molecule has 0 aliphatic rings. The Morgan fingerprint density at radius 3 is 1.46 bits per heavy atom. The van der Waals surface area contributed by atoms with Crippen LogP contribution in [0.1, 0.15) is 0 Å². The maximum absolute atomic E-state index is 5.19. The third-order valence-electron chi connectivity index (χ3n) is 9.32. The SMILES string of the molecule is c1ccc(-c2nc(-c3cccc(-c4ccc(-c5ccccc5)c(-c5ccccc5)c4)c3)nc(-c3cc4ccccc4c4ccccc34)n2)cc1. The summed E-state index contributed by atoms with van der Waals surface area (Å²) in [6, 6.07) is 65.9. The molecule has 0 amide bonds. The fraction of sp³-hybridized carbons (Fsp3) is 0. The minimum absolute atomic E-state index is 0.636. The van der Waals surface area contributed by atoms with Gasteiger partial charge in [-0.1, -0.05) is 170 Å². The monoisotopic (exact) mass is 637 g/mol. The standard InChI is InChI=1S/C47H31N3/c1-4-15-32(16-5-1)40-28-27-36(30-43(40)33-17-6-2-7-18-33)35-22-14-23-38(29-35)46-48-45(34-19-8-3-9-20-34)49-47(50-46)44-31-37-21-10-11-24-39(37)41-25-12-13-26-42(41)44/h1-31H. The van der Waals surface area contributed by atoms with Gasteiger partial charge in [-0.05, 0) is 73.1 Å². The van der Waals surface area contributed by atoms with Gasteiger partial charge in [-0.25, -0.2) is 15.0 Å². The summed E-state index contributed by atoms with van der Waals surface area (Å²) in [6.45, 7) is 0. The van der Waals surface area contributed by atoms with Crippen LogP contribution in [0.3, 0.4) is 0 Å². The van der Waals surface area contributed by atoms with E-state index in [0.29, 0.717) is 17.5 Å². The lowest BCUT2D eigenvalue weighted by Crippen LogP contribution is -2.01. The smallest absolute Gasteiger partial charge is 0.164 e. The summed E-state index contributed by atoms with van der Waals surface area (Å²) in [7, 11) is 0. The van der Waals surface area contributed by atoms with Crippen molar-refractivity contribution in [2.24, 2.45) is 0 Å². The van der Waals surface area contributed by atoms with E-state index in [1.54, 1.807) is 0 Å². The molecule has 0 unspecified atom stereocenters. The number of hydrogen-bond acceptors (Lipinski definition) is 3. The van der Waals surface area contributed by atoms with Crippen LogP contribution in [-0.2, 0) is 0 Å². The van der Waals surface area contributed by atoms with Gasteiger partial charge in [-0.2, -0.15) is 0 Å². The molecule has 0 fully saturated rings. The van der Waals surface area contributed by atoms with Gasteiger partial charge in [0.05, 0.1) is 0 Å². The van der Waals surface area contributed by atoms with E-state index in [-0.39, 0.29) is 0 Å². The fourth-order valence-electron chi connectivity index (χ4n) is 6.87. The molecule has 0 aliphatic heterocycles. The van der Waals surface area contributed by atoms with Crippen LogP contribution < -0.4 is 0 Å². The molecule has 0 bridgehead atoms. The van der Waals surface area contributed by atoms with Crippen molar-refractivity contribution >= 4 is 21.5 Å². The average molecular weight is 638 g/mol. The number of nitrogens with zero attached hydrogens (tertiary/aromatic N) is 3. The Hall–Kier alpha value is -6.71. The summed E-state index contributed by atoms with van der Waals surface area (Å²) in [6.07, 6.45) is 0. The maximum Gasteiger partial charge on any atom is 0.164 e. The van der Waals surface area contributed by atoms with Crippen molar-refractivity contribution < 1.29 is 0 Å². The van der Waals surface area contributed by atoms with Crippen molar-refractivity contribution in [1.82, 2.24) is 15.0 Å². The van der Waals surface area contributed by atoms with Crippen LogP contribution >= 0.6 is 0 Å².